The van der Waals surface area contributed by atoms with Gasteiger partial charge < -0.3 is 5.32 Å². The maximum absolute atomic E-state index is 4.11. The van der Waals surface area contributed by atoms with Gasteiger partial charge in [0.2, 0.25) is 0 Å². The molecule has 0 aromatic carbocycles. The minimum atomic E-state index is 0.844. The number of allylic oxidation sites excluding steroid dienone is 1. The minimum absolute atomic E-state index is 0.844. The Morgan fingerprint density at radius 2 is 2.64 bits per heavy atom. The largest absolute Gasteiger partial charge is 0.358 e. The number of thiazole rings is 1. The van der Waals surface area contributed by atoms with Gasteiger partial charge in [-0.1, -0.05) is 23.5 Å². The zero-order chi connectivity index (χ0) is 8.10. The van der Waals surface area contributed by atoms with E-state index >= 15 is 0 Å². The summed E-state index contributed by atoms with van der Waals surface area (Å²) in [6.45, 7) is 2.84. The van der Waals surface area contributed by atoms with Crippen molar-refractivity contribution in [3.63, 3.8) is 0 Å². The van der Waals surface area contributed by atoms with Crippen molar-refractivity contribution in [3.8, 4) is 0 Å². The normalized spacial score (nSPS) is 10.7. The van der Waals surface area contributed by atoms with Crippen LogP contribution in [0.15, 0.2) is 22.1 Å². The highest BCUT2D eigenvalue weighted by Gasteiger charge is 1.94. The first-order chi connectivity index (χ1) is 5.33. The highest BCUT2D eigenvalue weighted by molar-refractivity contribution is 9.11. The highest BCUT2D eigenvalue weighted by atomic mass is 79.9. The summed E-state index contributed by atoms with van der Waals surface area (Å²) in [6.07, 6.45) is 5.85. The van der Waals surface area contributed by atoms with Crippen LogP contribution in [0.2, 0.25) is 0 Å². The van der Waals surface area contributed by atoms with Crippen LogP contribution in [-0.2, 0) is 0 Å². The number of halogens is 1. The van der Waals surface area contributed by atoms with Crippen LogP contribution in [0, 0.1) is 0 Å². The number of hydrogen-bond acceptors (Lipinski definition) is 3. The van der Waals surface area contributed by atoms with E-state index in [1.807, 2.05) is 13.0 Å². The molecular formula is C7H9BrN2S. The molecule has 0 amide bonds. The number of aromatic nitrogens is 1. The lowest BCUT2D eigenvalue weighted by Crippen LogP contribution is -1.96. The van der Waals surface area contributed by atoms with Crippen LogP contribution in [-0.4, -0.2) is 11.5 Å². The smallest absolute Gasteiger partial charge is 0.183 e. The molecule has 1 rings (SSSR count). The number of nitrogens with zero attached hydrogens (tertiary/aromatic N) is 1. The Morgan fingerprint density at radius 1 is 1.82 bits per heavy atom. The summed E-state index contributed by atoms with van der Waals surface area (Å²) in [5.74, 6) is 0. The molecule has 0 spiro atoms. The van der Waals surface area contributed by atoms with Crippen LogP contribution in [0.25, 0.3) is 0 Å². The van der Waals surface area contributed by atoms with E-state index in [0.29, 0.717) is 0 Å². The second kappa shape index (κ2) is 4.51. The summed E-state index contributed by atoms with van der Waals surface area (Å²) >= 11 is 4.94. The minimum Gasteiger partial charge on any atom is -0.358 e. The van der Waals surface area contributed by atoms with E-state index in [0.717, 1.165) is 15.5 Å². The van der Waals surface area contributed by atoms with Crippen LogP contribution in [0.5, 0.6) is 0 Å². The third-order valence-electron chi connectivity index (χ3n) is 1.08. The van der Waals surface area contributed by atoms with Crippen molar-refractivity contribution in [2.24, 2.45) is 0 Å². The molecule has 0 fully saturated rings. The van der Waals surface area contributed by atoms with E-state index in [2.05, 4.69) is 32.3 Å². The second-order valence-corrected chi connectivity index (χ2v) is 4.33. The molecule has 60 valence electrons. The quantitative estimate of drug-likeness (QED) is 0.812. The molecule has 1 heterocycles. The molecule has 0 aliphatic heterocycles. The molecule has 0 saturated carbocycles. The lowest BCUT2D eigenvalue weighted by Gasteiger charge is -1.94. The van der Waals surface area contributed by atoms with E-state index < -0.39 is 0 Å². The van der Waals surface area contributed by atoms with Gasteiger partial charge in [0.1, 0.15) is 0 Å². The van der Waals surface area contributed by atoms with Gasteiger partial charge in [-0.25, -0.2) is 4.98 Å². The Bertz CT molecular complexity index is 244. The van der Waals surface area contributed by atoms with Crippen LogP contribution in [0.4, 0.5) is 5.13 Å². The molecule has 0 atom stereocenters. The van der Waals surface area contributed by atoms with Crippen LogP contribution < -0.4 is 5.32 Å². The van der Waals surface area contributed by atoms with E-state index in [1.165, 1.54) is 0 Å². The number of nitrogens with one attached hydrogen (secondary N) is 1. The highest BCUT2D eigenvalue weighted by Crippen LogP contribution is 2.22. The summed E-state index contributed by atoms with van der Waals surface area (Å²) in [6, 6.07) is 0. The SMILES string of the molecule is C/C=C\CNc1ncc(Br)s1. The first-order valence-electron chi connectivity index (χ1n) is 3.29. The van der Waals surface area contributed by atoms with Gasteiger partial charge in [-0.3, -0.25) is 0 Å². The van der Waals surface area contributed by atoms with Crippen LogP contribution in [0.3, 0.4) is 0 Å². The molecule has 0 unspecified atom stereocenters. The summed E-state index contributed by atoms with van der Waals surface area (Å²) in [4.78, 5) is 4.11. The zero-order valence-electron chi connectivity index (χ0n) is 6.17. The Hall–Kier alpha value is -0.350. The van der Waals surface area contributed by atoms with Gasteiger partial charge in [-0.2, -0.15) is 0 Å². The average molecular weight is 233 g/mol. The second-order valence-electron chi connectivity index (χ2n) is 1.92. The molecule has 1 aromatic heterocycles. The van der Waals surface area contributed by atoms with Gasteiger partial charge >= 0.3 is 0 Å². The Morgan fingerprint density at radius 3 is 3.18 bits per heavy atom. The van der Waals surface area contributed by atoms with Crippen molar-refractivity contribution < 1.29 is 0 Å². The first-order valence-corrected chi connectivity index (χ1v) is 4.90. The maximum atomic E-state index is 4.11. The molecule has 2 nitrogen and oxygen atoms in total. The van der Waals surface area contributed by atoms with Crippen LogP contribution >= 0.6 is 27.3 Å². The molecule has 0 aliphatic rings. The van der Waals surface area contributed by atoms with Gasteiger partial charge in [0.15, 0.2) is 5.13 Å². The van der Waals surface area contributed by atoms with Crippen molar-refractivity contribution in [2.45, 2.75) is 6.92 Å². The summed E-state index contributed by atoms with van der Waals surface area (Å²) < 4.78 is 1.06. The Kier molecular flexibility index (Phi) is 3.59. The molecule has 0 saturated heterocycles. The van der Waals surface area contributed by atoms with Crippen LogP contribution in [0.1, 0.15) is 6.92 Å². The average Bonchev–Trinajstić information content (AvgIpc) is 2.37. The molecular weight excluding hydrogens is 224 g/mol. The summed E-state index contributed by atoms with van der Waals surface area (Å²) in [5, 5.41) is 4.11. The predicted molar refractivity (Wildman–Crippen MR) is 53.1 cm³/mol. The third-order valence-corrected chi connectivity index (χ3v) is 2.52. The lowest BCUT2D eigenvalue weighted by molar-refractivity contribution is 1.28. The molecule has 4 heteroatoms. The van der Waals surface area contributed by atoms with Crippen molar-refractivity contribution in [2.75, 3.05) is 11.9 Å². The molecule has 1 N–H and O–H groups in total. The fourth-order valence-electron chi connectivity index (χ4n) is 0.600. The fraction of sp³-hybridized carbons (Fsp3) is 0.286. The topological polar surface area (TPSA) is 24.9 Å². The van der Waals surface area contributed by atoms with Crippen molar-refractivity contribution in [1.29, 1.82) is 0 Å². The van der Waals surface area contributed by atoms with Gasteiger partial charge in [0, 0.05) is 6.54 Å². The summed E-state index contributed by atoms with van der Waals surface area (Å²) in [5.41, 5.74) is 0. The first kappa shape index (κ1) is 8.74. The Labute approximate surface area is 78.5 Å². The maximum Gasteiger partial charge on any atom is 0.183 e. The Balaban J connectivity index is 2.38. The molecule has 0 bridgehead atoms. The number of anilines is 1. The van der Waals surface area contributed by atoms with E-state index in [9.17, 15) is 0 Å². The van der Waals surface area contributed by atoms with Gasteiger partial charge in [0.05, 0.1) is 9.98 Å². The van der Waals surface area contributed by atoms with E-state index in [1.54, 1.807) is 17.5 Å². The lowest BCUT2D eigenvalue weighted by atomic mass is 10.5. The standard InChI is InChI=1S/C7H9BrN2S/c1-2-3-4-9-7-10-5-6(8)11-7/h2-3,5H,4H2,1H3,(H,9,10)/b3-2-. The van der Waals surface area contributed by atoms with E-state index in [4.69, 9.17) is 0 Å². The van der Waals surface area contributed by atoms with E-state index in [-0.39, 0.29) is 0 Å². The van der Waals surface area contributed by atoms with Crippen molar-refractivity contribution in [1.82, 2.24) is 4.98 Å². The van der Waals surface area contributed by atoms with Gasteiger partial charge in [0.25, 0.3) is 0 Å². The fourth-order valence-corrected chi connectivity index (χ4v) is 1.71. The molecule has 0 aliphatic carbocycles. The number of hydrogen-bond donors (Lipinski definition) is 1. The summed E-state index contributed by atoms with van der Waals surface area (Å²) in [7, 11) is 0. The zero-order valence-corrected chi connectivity index (χ0v) is 8.58. The molecule has 11 heavy (non-hydrogen) atoms. The van der Waals surface area contributed by atoms with Gasteiger partial charge in [-0.05, 0) is 22.9 Å². The van der Waals surface area contributed by atoms with Gasteiger partial charge in [-0.15, -0.1) is 0 Å². The predicted octanol–water partition coefficient (Wildman–Crippen LogP) is 2.89. The number of rotatable bonds is 3. The molecule has 0 radical (unpaired) electrons. The third kappa shape index (κ3) is 3.03. The molecule has 1 aromatic rings. The monoisotopic (exact) mass is 232 g/mol. The van der Waals surface area contributed by atoms with Crippen molar-refractivity contribution in [3.05, 3.63) is 22.1 Å². The van der Waals surface area contributed by atoms with Crippen molar-refractivity contribution >= 4 is 32.4 Å².